The summed E-state index contributed by atoms with van der Waals surface area (Å²) in [7, 11) is 0. The molecular formula is C82H190N16O2S2. The molecule has 0 atom stereocenters. The van der Waals surface area contributed by atoms with Gasteiger partial charge in [0.1, 0.15) is 19.5 Å². The summed E-state index contributed by atoms with van der Waals surface area (Å²) < 4.78 is 8.53. The van der Waals surface area contributed by atoms with Crippen LogP contribution in [-0.2, 0) is 9.57 Å². The molecule has 0 aliphatic carbocycles. The highest BCUT2D eigenvalue weighted by Gasteiger charge is 1.89. The van der Waals surface area contributed by atoms with Crippen LogP contribution < -0.4 is 16.1 Å². The van der Waals surface area contributed by atoms with Crippen molar-refractivity contribution >= 4 is 66.9 Å². The van der Waals surface area contributed by atoms with E-state index in [1.165, 1.54) is 49.9 Å². The summed E-state index contributed by atoms with van der Waals surface area (Å²) in [6.07, 6.45) is 36.6. The number of rotatable bonds is 0. The summed E-state index contributed by atoms with van der Waals surface area (Å²) in [6.45, 7) is 96.7. The molecule has 0 bridgehead atoms. The summed E-state index contributed by atoms with van der Waals surface area (Å²) in [4.78, 5) is 34.8. The molecule has 0 saturated carbocycles. The topological polar surface area (TPSA) is 218 Å². The van der Waals surface area contributed by atoms with Crippen LogP contribution in [0.5, 0.6) is 0 Å². The highest BCUT2D eigenvalue weighted by molar-refractivity contribution is 8.12. The van der Waals surface area contributed by atoms with Crippen LogP contribution in [0, 0.1) is 0 Å². The highest BCUT2D eigenvalue weighted by atomic mass is 32.2. The minimum Gasteiger partial charge on any atom is -0.482 e. The zero-order chi connectivity index (χ0) is 85.0. The average molecular weight is 1500 g/mol. The van der Waals surface area contributed by atoms with Gasteiger partial charge in [-0.2, -0.15) is 15.3 Å². The molecule has 0 radical (unpaired) electrons. The van der Waals surface area contributed by atoms with Crippen LogP contribution in [0.1, 0.15) is 343 Å². The second-order valence-corrected chi connectivity index (χ2v) is 12.5. The maximum absolute atomic E-state index is 4.65. The van der Waals surface area contributed by atoms with Crippen LogP contribution in [0.4, 0.5) is 0 Å². The van der Waals surface area contributed by atoms with E-state index in [9.17, 15) is 0 Å². The zero-order valence-corrected chi connectivity index (χ0v) is 78.7. The van der Waals surface area contributed by atoms with E-state index in [0.29, 0.717) is 0 Å². The summed E-state index contributed by atoms with van der Waals surface area (Å²) in [5, 5.41) is 20.2. The van der Waals surface area contributed by atoms with Gasteiger partial charge in [-0.3, -0.25) is 29.9 Å². The van der Waals surface area contributed by atoms with Gasteiger partial charge in [-0.25, -0.2) is 14.4 Å². The highest BCUT2D eigenvalue weighted by Crippen LogP contribution is 2.07. The fourth-order valence-electron chi connectivity index (χ4n) is 3.33. The molecule has 3 N–H and O–H groups in total. The molecule has 0 saturated heterocycles. The normalized spacial score (nSPS) is 10.5. The second kappa shape index (κ2) is 310. The SMILES string of the molecule is C1=CNCC1.C1=NCCC1.C1=NCCN1.C1=NCCO1.C1=NCCS1.C1=NNCC1.C1=NOCC1.C1=NSCC1.CC.CC.CC.CC.CC.CC.CC.CC.CC.CC.CC.CC.CC.CC.CC.CC.CC.CC.CC.CC.CC.CC.c1ccnnc1.c1cnccn1.c1cncnc1. The zero-order valence-electron chi connectivity index (χ0n) is 77.1. The predicted molar refractivity (Wildman–Crippen MR) is 492 cm³/mol. The first kappa shape index (κ1) is 158. The number of nitrogens with one attached hydrogen (secondary N) is 3. The maximum Gasteiger partial charge on any atom is 0.169 e. The van der Waals surface area contributed by atoms with Crippen LogP contribution in [-0.4, -0.2) is 144 Å². The van der Waals surface area contributed by atoms with E-state index in [1.807, 2.05) is 347 Å². The van der Waals surface area contributed by atoms with Gasteiger partial charge in [-0.1, -0.05) is 316 Å². The molecule has 8 aliphatic rings. The third-order valence-corrected chi connectivity index (χ3v) is 7.40. The van der Waals surface area contributed by atoms with Crippen LogP contribution >= 0.6 is 23.7 Å². The maximum atomic E-state index is 4.65. The lowest BCUT2D eigenvalue weighted by molar-refractivity contribution is 0.174. The Bertz CT molecular complexity index is 1100. The number of hydrogen-bond acceptors (Lipinski definition) is 20. The molecule has 18 nitrogen and oxygen atoms in total. The van der Waals surface area contributed by atoms with Gasteiger partial charge in [0.15, 0.2) is 6.40 Å². The Morgan fingerprint density at radius 3 is 0.931 bits per heavy atom. The molecule has 8 aliphatic heterocycles. The van der Waals surface area contributed by atoms with Gasteiger partial charge in [-0.15, -0.1) is 11.8 Å². The van der Waals surface area contributed by atoms with Crippen molar-refractivity contribution in [2.75, 3.05) is 70.5 Å². The molecule has 3 aromatic heterocycles. The van der Waals surface area contributed by atoms with Crippen molar-refractivity contribution in [2.45, 2.75) is 343 Å². The van der Waals surface area contributed by atoms with Gasteiger partial charge < -0.3 is 25.6 Å². The molecule has 102 heavy (non-hydrogen) atoms. The number of nitrogens with zero attached hydrogens (tertiary/aromatic N) is 13. The third-order valence-electron chi connectivity index (χ3n) is 5.96. The van der Waals surface area contributed by atoms with E-state index < -0.39 is 0 Å². The number of oxime groups is 1. The average Bonchev–Trinajstić information content (AvgIpc) is 4.83. The van der Waals surface area contributed by atoms with Crippen molar-refractivity contribution in [1.82, 2.24) is 46.2 Å². The van der Waals surface area contributed by atoms with Crippen LogP contribution in [0.3, 0.4) is 0 Å². The first-order valence-corrected chi connectivity index (χ1v) is 42.9. The number of aromatic nitrogens is 6. The predicted octanol–water partition coefficient (Wildman–Crippen LogP) is 27.2. The molecule has 0 aromatic carbocycles. The van der Waals surface area contributed by atoms with Gasteiger partial charge in [0.25, 0.3) is 0 Å². The van der Waals surface area contributed by atoms with Gasteiger partial charge >= 0.3 is 0 Å². The van der Waals surface area contributed by atoms with Crippen molar-refractivity contribution in [3.8, 4) is 0 Å². The van der Waals surface area contributed by atoms with Crippen molar-refractivity contribution in [1.29, 1.82) is 0 Å². The molecule has 3 aromatic rings. The van der Waals surface area contributed by atoms with E-state index >= 15 is 0 Å². The Kier molecular flexibility index (Phi) is 481. The van der Waals surface area contributed by atoms with Crippen molar-refractivity contribution < 1.29 is 9.57 Å². The quantitative estimate of drug-likeness (QED) is 0.179. The van der Waals surface area contributed by atoms with Gasteiger partial charge in [0.05, 0.1) is 25.0 Å². The van der Waals surface area contributed by atoms with E-state index in [-0.39, 0.29) is 0 Å². The molecule has 11 heterocycles. The number of hydrogen-bond donors (Lipinski definition) is 3. The smallest absolute Gasteiger partial charge is 0.169 e. The van der Waals surface area contributed by atoms with Crippen LogP contribution in [0.2, 0.25) is 0 Å². The summed E-state index contributed by atoms with van der Waals surface area (Å²) >= 11 is 3.43. The van der Waals surface area contributed by atoms with Gasteiger partial charge in [0.2, 0.25) is 0 Å². The van der Waals surface area contributed by atoms with E-state index in [0.717, 1.165) is 71.9 Å². The molecule has 11 rings (SSSR count). The summed E-state index contributed by atoms with van der Waals surface area (Å²) in [5.74, 6) is 2.39. The lowest BCUT2D eigenvalue weighted by Crippen LogP contribution is -2.04. The minimum absolute atomic E-state index is 0.778. The molecule has 0 amide bonds. The Balaban J connectivity index is -0.0000000328. The first-order valence-electron chi connectivity index (χ1n) is 40.9. The molecule has 20 heteroatoms. The van der Waals surface area contributed by atoms with E-state index in [1.54, 1.807) is 91.9 Å². The third kappa shape index (κ3) is 300. The monoisotopic (exact) mass is 1500 g/mol. The number of thioether (sulfide) groups is 1. The lowest BCUT2D eigenvalue weighted by Gasteiger charge is -1.78. The first-order chi connectivity index (χ1) is 51.0. The summed E-state index contributed by atoms with van der Waals surface area (Å²) in [5.41, 5.74) is 4.69. The second-order valence-electron chi connectivity index (χ2n) is 10.7. The van der Waals surface area contributed by atoms with E-state index in [4.69, 9.17) is 0 Å². The minimum atomic E-state index is 0.778. The summed E-state index contributed by atoms with van der Waals surface area (Å²) in [6, 6.07) is 5.43. The van der Waals surface area contributed by atoms with Crippen LogP contribution in [0.25, 0.3) is 0 Å². The number of aliphatic imine (C=N–C) groups is 4. The Morgan fingerprint density at radius 2 is 0.824 bits per heavy atom. The Hall–Kier alpha value is -5.63. The van der Waals surface area contributed by atoms with Crippen molar-refractivity contribution in [3.05, 3.63) is 86.4 Å². The van der Waals surface area contributed by atoms with Gasteiger partial charge in [0, 0.05) is 125 Å². The molecular weight excluding hydrogens is 1310 g/mol. The molecule has 0 spiro atoms. The van der Waals surface area contributed by atoms with Gasteiger partial charge in [-0.05, 0) is 68.2 Å². The lowest BCUT2D eigenvalue weighted by atomic mass is 10.4. The Morgan fingerprint density at radius 1 is 0.343 bits per heavy atom. The Labute approximate surface area is 653 Å². The fourth-order valence-corrected chi connectivity index (χ4v) is 4.39. The van der Waals surface area contributed by atoms with Crippen molar-refractivity contribution in [2.24, 2.45) is 34.6 Å². The number of ether oxygens (including phenoxy) is 1. The van der Waals surface area contributed by atoms with Crippen molar-refractivity contribution in [3.63, 3.8) is 0 Å². The molecule has 0 fully saturated rings. The molecule has 0 unspecified atom stereocenters. The fraction of sp³-hybridized carbons (Fsp3) is 0.744. The van der Waals surface area contributed by atoms with E-state index in [2.05, 4.69) is 96.5 Å². The standard InChI is InChI=1S/3C4H4N2.2C4H7N.2C3H6N2.2C3H5NO.2C3H5NS.22C2H6/c1-2-6-4-3-5-1;1-2-5-4-6-3-1;1-2-4-6-5-3-1;2*1-2-4-5-3-1;1-2-5-3-4-1;1-2-4-5-3-1;1-2-5-3-4-1;1-2-4-5-3-1;1-2-5-3-4-1;1-2-4-5-3-1;22*1-2/h3*1-4H;3H,1-2,4H2;1,3,5H,2,4H2;3H,1-2H2,(H,4,5);2,5H,1,3H2;3H,1-2H2;2H,1,3H2;3H,1-2H2;2H,1,3H2;22*1-2H3. The molecule has 622 valence electrons. The number of hydrazone groups is 1. The largest absolute Gasteiger partial charge is 0.482 e. The van der Waals surface area contributed by atoms with Crippen LogP contribution in [0.15, 0.2) is 121 Å².